The molecule has 2 aromatic carbocycles. The molecule has 0 N–H and O–H groups in total. The summed E-state index contributed by atoms with van der Waals surface area (Å²) in [6, 6.07) is 14.2. The summed E-state index contributed by atoms with van der Waals surface area (Å²) < 4.78 is 82.3. The maximum atomic E-state index is 13.1. The van der Waals surface area contributed by atoms with Crippen molar-refractivity contribution >= 4 is 27.4 Å². The first-order chi connectivity index (χ1) is 19.8. The molecule has 226 valence electrons. The lowest BCUT2D eigenvalue weighted by Gasteiger charge is -2.43. The first-order valence-electron chi connectivity index (χ1n) is 12.8. The smallest absolute Gasteiger partial charge is 0.310 e. The maximum absolute atomic E-state index is 13.1. The van der Waals surface area contributed by atoms with Crippen molar-refractivity contribution in [3.05, 3.63) is 76.8 Å². The SMILES string of the molecule is COc1ccc(COCc2nnc(-c3ccc(N4CCC(OC)(c5ccc(S(F)(F)(F)(F)F)cc5)CC4)nn3)s2)cc1. The van der Waals surface area contributed by atoms with Gasteiger partial charge in [-0.15, -0.1) is 20.4 Å². The Morgan fingerprint density at radius 3 is 2.07 bits per heavy atom. The Kier molecular flexibility index (Phi) is 7.66. The summed E-state index contributed by atoms with van der Waals surface area (Å²) in [5.41, 5.74) is 1.08. The molecule has 5 rings (SSSR count). The third-order valence-corrected chi connectivity index (χ3v) is 9.18. The number of hydrogen-bond acceptors (Lipinski definition) is 9. The quantitative estimate of drug-likeness (QED) is 0.167. The number of nitrogens with zero attached hydrogens (tertiary/aromatic N) is 5. The normalized spacial score (nSPS) is 17.0. The lowest BCUT2D eigenvalue weighted by Crippen LogP contribution is -2.44. The molecule has 1 aliphatic rings. The summed E-state index contributed by atoms with van der Waals surface area (Å²) >= 11 is 1.36. The van der Waals surface area contributed by atoms with Crippen LogP contribution in [-0.2, 0) is 28.3 Å². The number of aromatic nitrogens is 4. The van der Waals surface area contributed by atoms with E-state index in [-0.39, 0.29) is 0 Å². The van der Waals surface area contributed by atoms with Gasteiger partial charge >= 0.3 is 10.2 Å². The number of anilines is 1. The van der Waals surface area contributed by atoms with Gasteiger partial charge in [0, 0.05) is 20.2 Å². The van der Waals surface area contributed by atoms with Crippen LogP contribution < -0.4 is 9.64 Å². The van der Waals surface area contributed by atoms with Gasteiger partial charge in [-0.3, -0.25) is 0 Å². The molecule has 0 saturated carbocycles. The molecule has 15 heteroatoms. The molecule has 1 fully saturated rings. The number of piperidine rings is 1. The number of ether oxygens (including phenoxy) is 3. The molecule has 0 aliphatic carbocycles. The Morgan fingerprint density at radius 1 is 0.810 bits per heavy atom. The molecule has 4 aromatic rings. The second-order valence-corrected chi connectivity index (χ2v) is 13.3. The van der Waals surface area contributed by atoms with Gasteiger partial charge < -0.3 is 19.1 Å². The van der Waals surface area contributed by atoms with Crippen molar-refractivity contribution in [1.29, 1.82) is 0 Å². The summed E-state index contributed by atoms with van der Waals surface area (Å²) in [5, 5.41) is 18.3. The zero-order valence-electron chi connectivity index (χ0n) is 22.7. The van der Waals surface area contributed by atoms with E-state index in [9.17, 15) is 19.4 Å². The summed E-state index contributed by atoms with van der Waals surface area (Å²) in [6.07, 6.45) is 0.831. The Morgan fingerprint density at radius 2 is 1.50 bits per heavy atom. The predicted molar refractivity (Wildman–Crippen MR) is 150 cm³/mol. The predicted octanol–water partition coefficient (Wildman–Crippen LogP) is 7.52. The number of methoxy groups -OCH3 is 2. The standard InChI is InChI=1S/C27H28F5N5O3S2/c1-38-21-7-3-19(4-8-21)17-40-18-25-35-36-26(41-25)23-11-12-24(34-33-23)37-15-13-27(39-2,14-16-37)20-5-9-22(10-6-20)42(28,29,30,31)32/h3-12H,13-18H2,1-2H3. The van der Waals surface area contributed by atoms with Crippen molar-refractivity contribution in [3.8, 4) is 16.5 Å². The average Bonchev–Trinajstić information content (AvgIpc) is 3.45. The van der Waals surface area contributed by atoms with Crippen LogP contribution in [0.2, 0.25) is 0 Å². The minimum absolute atomic E-state index is 0.299. The molecular weight excluding hydrogens is 601 g/mol. The minimum atomic E-state index is -9.74. The summed E-state index contributed by atoms with van der Waals surface area (Å²) in [5.74, 6) is 1.39. The van der Waals surface area contributed by atoms with Gasteiger partial charge in [-0.05, 0) is 60.4 Å². The monoisotopic (exact) mass is 629 g/mol. The second kappa shape index (κ2) is 10.7. The van der Waals surface area contributed by atoms with Gasteiger partial charge in [0.05, 0.1) is 19.3 Å². The van der Waals surface area contributed by atoms with Gasteiger partial charge in [0.15, 0.2) is 10.8 Å². The largest absolute Gasteiger partial charge is 0.497 e. The van der Waals surface area contributed by atoms with Crippen LogP contribution in [-0.4, -0.2) is 47.7 Å². The van der Waals surface area contributed by atoms with Crippen molar-refractivity contribution in [3.63, 3.8) is 0 Å². The van der Waals surface area contributed by atoms with Gasteiger partial charge in [-0.2, -0.15) is 0 Å². The third kappa shape index (κ3) is 6.80. The highest BCUT2D eigenvalue weighted by atomic mass is 32.5. The van der Waals surface area contributed by atoms with Crippen LogP contribution in [0, 0.1) is 0 Å². The molecule has 0 spiro atoms. The van der Waals surface area contributed by atoms with Crippen LogP contribution in [0.3, 0.4) is 0 Å². The Hall–Kier alpha value is -3.40. The minimum Gasteiger partial charge on any atom is -0.497 e. The fraction of sp³-hybridized carbons (Fsp3) is 0.333. The maximum Gasteiger partial charge on any atom is 0.310 e. The van der Waals surface area contributed by atoms with Crippen LogP contribution in [0.15, 0.2) is 65.6 Å². The van der Waals surface area contributed by atoms with Crippen LogP contribution in [0.1, 0.15) is 29.0 Å². The van der Waals surface area contributed by atoms with E-state index in [1.807, 2.05) is 35.2 Å². The number of rotatable bonds is 10. The zero-order valence-corrected chi connectivity index (χ0v) is 24.3. The first-order valence-corrected chi connectivity index (χ1v) is 15.6. The topological polar surface area (TPSA) is 82.5 Å². The highest BCUT2D eigenvalue weighted by Gasteiger charge is 2.65. The molecule has 0 unspecified atom stereocenters. The van der Waals surface area contributed by atoms with Crippen LogP contribution in [0.25, 0.3) is 10.7 Å². The summed E-state index contributed by atoms with van der Waals surface area (Å²) in [7, 11) is -6.67. The second-order valence-electron chi connectivity index (χ2n) is 9.80. The van der Waals surface area contributed by atoms with Crippen LogP contribution in [0.4, 0.5) is 25.2 Å². The molecule has 1 aliphatic heterocycles. The van der Waals surface area contributed by atoms with E-state index in [1.165, 1.54) is 18.4 Å². The molecular formula is C27H28F5N5O3S2. The van der Waals surface area contributed by atoms with Crippen molar-refractivity contribution < 1.29 is 33.6 Å². The van der Waals surface area contributed by atoms with Crippen molar-refractivity contribution in [2.24, 2.45) is 0 Å². The van der Waals surface area contributed by atoms with E-state index in [1.54, 1.807) is 13.2 Å². The Labute approximate surface area is 243 Å². The number of hydrogen-bond donors (Lipinski definition) is 0. The Balaban J connectivity index is 1.17. The van der Waals surface area contributed by atoms with Gasteiger partial charge in [-0.1, -0.05) is 55.0 Å². The number of benzene rings is 2. The fourth-order valence-electron chi connectivity index (χ4n) is 4.72. The zero-order chi connectivity index (χ0) is 30.1. The Bertz CT molecular complexity index is 1510. The molecule has 1 saturated heterocycles. The van der Waals surface area contributed by atoms with E-state index in [4.69, 9.17) is 14.2 Å². The lowest BCUT2D eigenvalue weighted by molar-refractivity contribution is -0.0348. The van der Waals surface area contributed by atoms with E-state index >= 15 is 0 Å². The lowest BCUT2D eigenvalue weighted by atomic mass is 9.84. The molecule has 3 heterocycles. The van der Waals surface area contributed by atoms with Crippen molar-refractivity contribution in [1.82, 2.24) is 20.4 Å². The highest BCUT2D eigenvalue weighted by molar-refractivity contribution is 8.45. The van der Waals surface area contributed by atoms with E-state index in [0.29, 0.717) is 78.4 Å². The molecule has 42 heavy (non-hydrogen) atoms. The molecule has 8 nitrogen and oxygen atoms in total. The number of halogens is 5. The molecule has 2 aromatic heterocycles. The molecule has 0 radical (unpaired) electrons. The van der Waals surface area contributed by atoms with Crippen LogP contribution >= 0.6 is 21.6 Å². The average molecular weight is 630 g/mol. The van der Waals surface area contributed by atoms with E-state index in [2.05, 4.69) is 20.4 Å². The highest BCUT2D eigenvalue weighted by Crippen LogP contribution is 3.02. The van der Waals surface area contributed by atoms with E-state index < -0.39 is 20.7 Å². The van der Waals surface area contributed by atoms with Gasteiger partial charge in [0.25, 0.3) is 0 Å². The van der Waals surface area contributed by atoms with Crippen LogP contribution in [0.5, 0.6) is 5.75 Å². The van der Waals surface area contributed by atoms with Gasteiger partial charge in [0.2, 0.25) is 0 Å². The molecule has 0 bridgehead atoms. The fourth-order valence-corrected chi connectivity index (χ4v) is 6.12. The van der Waals surface area contributed by atoms with Gasteiger partial charge in [-0.25, -0.2) is 0 Å². The third-order valence-electron chi connectivity index (χ3n) is 7.10. The van der Waals surface area contributed by atoms with Crippen molar-refractivity contribution in [2.45, 2.75) is 36.6 Å². The molecule has 0 amide bonds. The molecule has 0 atom stereocenters. The van der Waals surface area contributed by atoms with Crippen molar-refractivity contribution in [2.75, 3.05) is 32.2 Å². The van der Waals surface area contributed by atoms with Gasteiger partial charge in [0.1, 0.15) is 28.0 Å². The van der Waals surface area contributed by atoms with E-state index in [0.717, 1.165) is 23.4 Å². The first kappa shape index (κ1) is 30.1. The summed E-state index contributed by atoms with van der Waals surface area (Å²) in [4.78, 5) is 0.0665. The summed E-state index contributed by atoms with van der Waals surface area (Å²) in [6.45, 7) is 1.66.